The third-order valence-electron chi connectivity index (χ3n) is 4.80. The maximum absolute atomic E-state index is 12.6. The van der Waals surface area contributed by atoms with Crippen molar-refractivity contribution in [2.75, 3.05) is 17.2 Å². The van der Waals surface area contributed by atoms with E-state index in [1.807, 2.05) is 18.2 Å². The van der Waals surface area contributed by atoms with E-state index in [9.17, 15) is 19.7 Å². The number of hydrogen-bond donors (Lipinski definition) is 2. The van der Waals surface area contributed by atoms with Crippen LogP contribution in [-0.2, 0) is 4.79 Å². The molecule has 0 bridgehead atoms. The van der Waals surface area contributed by atoms with E-state index < -0.39 is 16.9 Å². The minimum atomic E-state index is -0.770. The van der Waals surface area contributed by atoms with Crippen molar-refractivity contribution in [2.24, 2.45) is 0 Å². The highest BCUT2D eigenvalue weighted by atomic mass is 16.6. The van der Waals surface area contributed by atoms with Gasteiger partial charge in [-0.25, -0.2) is 0 Å². The zero-order chi connectivity index (χ0) is 22.7. The summed E-state index contributed by atoms with van der Waals surface area (Å²) in [4.78, 5) is 35.8. The normalized spacial score (nSPS) is 14.5. The monoisotopic (exact) mass is 433 g/mol. The van der Waals surface area contributed by atoms with Gasteiger partial charge in [0, 0.05) is 22.9 Å². The number of nitrogens with zero attached hydrogens (tertiary/aromatic N) is 1. The first-order valence-corrected chi connectivity index (χ1v) is 9.85. The van der Waals surface area contributed by atoms with Gasteiger partial charge in [-0.15, -0.1) is 0 Å². The summed E-state index contributed by atoms with van der Waals surface area (Å²) in [6.45, 7) is 1.98. The lowest BCUT2D eigenvalue weighted by Crippen LogP contribution is -2.30. The topological polar surface area (TPSA) is 120 Å². The fourth-order valence-corrected chi connectivity index (χ4v) is 3.32. The lowest BCUT2D eigenvalue weighted by atomic mass is 10.1. The average molecular weight is 433 g/mol. The van der Waals surface area contributed by atoms with E-state index in [4.69, 9.17) is 9.47 Å². The van der Waals surface area contributed by atoms with Gasteiger partial charge in [0.2, 0.25) is 6.10 Å². The summed E-state index contributed by atoms with van der Waals surface area (Å²) in [5.74, 6) is -0.306. The third kappa shape index (κ3) is 4.22. The Hall–Kier alpha value is -4.40. The van der Waals surface area contributed by atoms with Crippen molar-refractivity contribution in [3.05, 3.63) is 88.0 Å². The van der Waals surface area contributed by atoms with E-state index in [2.05, 4.69) is 10.6 Å². The number of amides is 2. The molecule has 1 atom stereocenters. The third-order valence-corrected chi connectivity index (χ3v) is 4.80. The number of carbonyl (C=O) groups is 2. The van der Waals surface area contributed by atoms with Crippen LogP contribution >= 0.6 is 0 Å². The summed E-state index contributed by atoms with van der Waals surface area (Å²) >= 11 is 0. The fourth-order valence-electron chi connectivity index (χ4n) is 3.32. The van der Waals surface area contributed by atoms with Gasteiger partial charge in [0.1, 0.15) is 5.75 Å². The highest BCUT2D eigenvalue weighted by Gasteiger charge is 2.29. The Bertz CT molecular complexity index is 1200. The van der Waals surface area contributed by atoms with E-state index >= 15 is 0 Å². The lowest BCUT2D eigenvalue weighted by Gasteiger charge is -2.26. The maximum Gasteiger partial charge on any atom is 0.311 e. The smallest absolute Gasteiger partial charge is 0.311 e. The molecule has 0 saturated carbocycles. The zero-order valence-electron chi connectivity index (χ0n) is 17.0. The second-order valence-electron chi connectivity index (χ2n) is 6.94. The van der Waals surface area contributed by atoms with E-state index in [1.54, 1.807) is 37.3 Å². The largest absolute Gasteiger partial charge is 0.487 e. The molecule has 2 N–H and O–H groups in total. The minimum Gasteiger partial charge on any atom is -0.487 e. The van der Waals surface area contributed by atoms with Gasteiger partial charge < -0.3 is 20.1 Å². The Balaban J connectivity index is 1.53. The first kappa shape index (κ1) is 20.9. The van der Waals surface area contributed by atoms with Gasteiger partial charge in [0.15, 0.2) is 5.75 Å². The minimum absolute atomic E-state index is 0.0932. The van der Waals surface area contributed by atoms with Gasteiger partial charge in [-0.1, -0.05) is 30.3 Å². The average Bonchev–Trinajstić information content (AvgIpc) is 2.79. The van der Waals surface area contributed by atoms with Crippen LogP contribution in [0.15, 0.2) is 66.7 Å². The number of carbonyl (C=O) groups excluding carboxylic acids is 2. The molecule has 1 unspecified atom stereocenters. The molecule has 0 saturated heterocycles. The summed E-state index contributed by atoms with van der Waals surface area (Å²) < 4.78 is 11.1. The predicted octanol–water partition coefficient (Wildman–Crippen LogP) is 4.32. The number of nitro groups is 1. The van der Waals surface area contributed by atoms with E-state index in [0.717, 1.165) is 11.6 Å². The van der Waals surface area contributed by atoms with Crippen molar-refractivity contribution in [1.29, 1.82) is 0 Å². The molecule has 4 rings (SSSR count). The van der Waals surface area contributed by atoms with Crippen LogP contribution < -0.4 is 20.1 Å². The molecule has 2 amide bonds. The molecule has 0 spiro atoms. The molecule has 0 aliphatic carbocycles. The second-order valence-corrected chi connectivity index (χ2v) is 6.94. The number of nitrogens with one attached hydrogen (secondary N) is 2. The van der Waals surface area contributed by atoms with Crippen LogP contribution in [0.1, 0.15) is 28.9 Å². The first-order valence-electron chi connectivity index (χ1n) is 9.85. The van der Waals surface area contributed by atoms with Gasteiger partial charge in [0.25, 0.3) is 11.8 Å². The highest BCUT2D eigenvalue weighted by Crippen LogP contribution is 2.37. The summed E-state index contributed by atoms with van der Waals surface area (Å²) in [6.07, 6.45) is -0.770. The number of nitro benzene ring substituents is 1. The Morgan fingerprint density at radius 2 is 1.94 bits per heavy atom. The van der Waals surface area contributed by atoms with Crippen molar-refractivity contribution in [3.63, 3.8) is 0 Å². The van der Waals surface area contributed by atoms with Crippen LogP contribution in [-0.4, -0.2) is 23.3 Å². The molecule has 9 nitrogen and oxygen atoms in total. The molecule has 3 aromatic rings. The summed E-state index contributed by atoms with van der Waals surface area (Å²) in [7, 11) is 0. The van der Waals surface area contributed by atoms with Crippen molar-refractivity contribution >= 4 is 28.9 Å². The Morgan fingerprint density at radius 1 is 1.16 bits per heavy atom. The van der Waals surface area contributed by atoms with Crippen LogP contribution in [0.3, 0.4) is 0 Å². The van der Waals surface area contributed by atoms with E-state index in [1.165, 1.54) is 12.1 Å². The van der Waals surface area contributed by atoms with Gasteiger partial charge in [-0.2, -0.15) is 0 Å². The van der Waals surface area contributed by atoms with Crippen molar-refractivity contribution in [3.8, 4) is 11.5 Å². The van der Waals surface area contributed by atoms with Crippen LogP contribution in [0.4, 0.5) is 17.1 Å². The molecular weight excluding hydrogens is 414 g/mol. The van der Waals surface area contributed by atoms with Gasteiger partial charge in [-0.3, -0.25) is 19.7 Å². The van der Waals surface area contributed by atoms with Crippen LogP contribution in [0.25, 0.3) is 0 Å². The van der Waals surface area contributed by atoms with Gasteiger partial charge >= 0.3 is 5.69 Å². The molecule has 1 heterocycles. The number of rotatable bonds is 6. The molecule has 32 heavy (non-hydrogen) atoms. The van der Waals surface area contributed by atoms with Gasteiger partial charge in [0.05, 0.1) is 17.2 Å². The molecule has 1 aliphatic heterocycles. The number of anilines is 2. The zero-order valence-corrected chi connectivity index (χ0v) is 17.0. The van der Waals surface area contributed by atoms with Gasteiger partial charge in [-0.05, 0) is 37.3 Å². The van der Waals surface area contributed by atoms with Crippen LogP contribution in [0, 0.1) is 10.1 Å². The number of fused-ring (bicyclic) bond motifs is 1. The first-order chi connectivity index (χ1) is 15.5. The molecule has 0 aromatic heterocycles. The van der Waals surface area contributed by atoms with E-state index in [0.29, 0.717) is 17.1 Å². The molecule has 9 heteroatoms. The van der Waals surface area contributed by atoms with Crippen molar-refractivity contribution < 1.29 is 24.0 Å². The maximum atomic E-state index is 12.6. The van der Waals surface area contributed by atoms with Crippen LogP contribution in [0.5, 0.6) is 11.5 Å². The molecule has 3 aromatic carbocycles. The summed E-state index contributed by atoms with van der Waals surface area (Å²) in [6, 6.07) is 17.9. The molecular formula is C23H19N3O6. The van der Waals surface area contributed by atoms with Crippen molar-refractivity contribution in [2.45, 2.75) is 13.0 Å². The van der Waals surface area contributed by atoms with E-state index in [-0.39, 0.29) is 29.5 Å². The highest BCUT2D eigenvalue weighted by molar-refractivity contribution is 6.06. The second kappa shape index (κ2) is 8.76. The number of ether oxygens (including phenoxy) is 2. The predicted molar refractivity (Wildman–Crippen MR) is 117 cm³/mol. The quantitative estimate of drug-likeness (QED) is 0.441. The Labute approximate surface area is 183 Å². The van der Waals surface area contributed by atoms with Crippen molar-refractivity contribution in [1.82, 2.24) is 0 Å². The lowest BCUT2D eigenvalue weighted by molar-refractivity contribution is -0.385. The molecule has 162 valence electrons. The van der Waals surface area contributed by atoms with Crippen LogP contribution in [0.2, 0.25) is 0 Å². The summed E-state index contributed by atoms with van der Waals surface area (Å²) in [5, 5.41) is 16.8. The number of benzene rings is 3. The molecule has 0 fully saturated rings. The molecule has 0 radical (unpaired) electrons. The fraction of sp³-hybridized carbons (Fsp3) is 0.130. The standard InChI is InChI=1S/C23H19N3O6/c1-2-31-20-10-8-15(12-18(20)26(29)30)22(27)24-16-9-11-19-17(13-16)25-23(28)21(32-19)14-6-4-3-5-7-14/h3-13,21H,2H2,1H3,(H,24,27)(H,25,28). The number of hydrogen-bond acceptors (Lipinski definition) is 6. The Kier molecular flexibility index (Phi) is 5.71. The SMILES string of the molecule is CCOc1ccc(C(=O)Nc2ccc3c(c2)NC(=O)C(c2ccccc2)O3)cc1[N+](=O)[O-]. The summed E-state index contributed by atoms with van der Waals surface area (Å²) in [5.41, 5.74) is 1.34. The molecule has 1 aliphatic rings. The Morgan fingerprint density at radius 3 is 2.66 bits per heavy atom.